The summed E-state index contributed by atoms with van der Waals surface area (Å²) in [6.07, 6.45) is 0. The molecular weight excluding hydrogens is 456 g/mol. The van der Waals surface area contributed by atoms with Crippen LogP contribution in [0, 0.1) is 6.92 Å². The van der Waals surface area contributed by atoms with E-state index in [9.17, 15) is 13.2 Å². The number of furan rings is 1. The molecule has 0 saturated carbocycles. The van der Waals surface area contributed by atoms with E-state index >= 15 is 0 Å². The van der Waals surface area contributed by atoms with Gasteiger partial charge in [-0.1, -0.05) is 34.1 Å². The minimum Gasteiger partial charge on any atom is -0.451 e. The van der Waals surface area contributed by atoms with Crippen LogP contribution in [0.2, 0.25) is 0 Å². The Kier molecular flexibility index (Phi) is 5.89. The number of benzene rings is 2. The average Bonchev–Trinajstić information content (AvgIpc) is 2.94. The molecule has 3 rings (SSSR count). The number of carbonyl (C=O) groups is 1. The van der Waals surface area contributed by atoms with Crippen LogP contribution in [0.15, 0.2) is 56.2 Å². The van der Waals surface area contributed by atoms with Crippen molar-refractivity contribution in [3.05, 3.63) is 63.8 Å². The van der Waals surface area contributed by atoms with Crippen molar-refractivity contribution >= 4 is 42.8 Å². The first-order valence-electron chi connectivity index (χ1n) is 9.07. The first-order valence-corrected chi connectivity index (χ1v) is 11.3. The number of hydrogen-bond acceptors (Lipinski definition) is 4. The maximum Gasteiger partial charge on any atom is 0.287 e. The third-order valence-electron chi connectivity index (χ3n) is 4.25. The monoisotopic (exact) mass is 478 g/mol. The largest absolute Gasteiger partial charge is 0.451 e. The van der Waals surface area contributed by atoms with Gasteiger partial charge in [-0.2, -0.15) is 0 Å². The van der Waals surface area contributed by atoms with Gasteiger partial charge in [0, 0.05) is 27.5 Å². The second-order valence-electron chi connectivity index (χ2n) is 7.84. The molecule has 154 valence electrons. The molecule has 8 heteroatoms. The number of aryl methyl sites for hydroxylation is 1. The smallest absolute Gasteiger partial charge is 0.287 e. The van der Waals surface area contributed by atoms with Crippen molar-refractivity contribution in [2.24, 2.45) is 0 Å². The molecule has 0 spiro atoms. The maximum atomic E-state index is 12.7. The Morgan fingerprint density at radius 2 is 1.83 bits per heavy atom. The van der Waals surface area contributed by atoms with Gasteiger partial charge in [0.25, 0.3) is 5.91 Å². The lowest BCUT2D eigenvalue weighted by Crippen LogP contribution is -2.41. The van der Waals surface area contributed by atoms with Gasteiger partial charge in [-0.25, -0.2) is 13.1 Å². The van der Waals surface area contributed by atoms with Gasteiger partial charge in [0.15, 0.2) is 5.76 Å². The topological polar surface area (TPSA) is 88.4 Å². The Bertz CT molecular complexity index is 1180. The molecule has 0 radical (unpaired) electrons. The summed E-state index contributed by atoms with van der Waals surface area (Å²) in [4.78, 5) is 12.8. The lowest BCUT2D eigenvalue weighted by atomic mass is 10.1. The minimum atomic E-state index is -3.72. The van der Waals surface area contributed by atoms with Crippen molar-refractivity contribution in [3.63, 3.8) is 0 Å². The number of hydrogen-bond donors (Lipinski definition) is 2. The standard InChI is InChI=1S/C21H23BrN2O4S/c1-13-16-11-15(22)9-10-17(16)28-19(13)20(25)23-12-14-7-5-6-8-18(14)29(26,27)24-21(2,3)4/h5-11,24H,12H2,1-4H3,(H,23,25). The first kappa shape index (κ1) is 21.5. The van der Waals surface area contributed by atoms with E-state index in [1.54, 1.807) is 45.0 Å². The van der Waals surface area contributed by atoms with Crippen molar-refractivity contribution in [3.8, 4) is 0 Å². The van der Waals surface area contributed by atoms with Gasteiger partial charge in [0.1, 0.15) is 5.58 Å². The lowest BCUT2D eigenvalue weighted by Gasteiger charge is -2.21. The number of carbonyl (C=O) groups excluding carboxylic acids is 1. The normalized spacial score (nSPS) is 12.3. The van der Waals surface area contributed by atoms with Gasteiger partial charge in [0.05, 0.1) is 4.90 Å². The molecule has 29 heavy (non-hydrogen) atoms. The molecule has 2 aromatic carbocycles. The predicted octanol–water partition coefficient (Wildman–Crippen LogP) is 4.51. The molecular formula is C21H23BrN2O4S. The zero-order valence-electron chi connectivity index (χ0n) is 16.7. The number of nitrogens with one attached hydrogen (secondary N) is 2. The summed E-state index contributed by atoms with van der Waals surface area (Å²) in [5.74, 6) is -0.183. The molecule has 2 N–H and O–H groups in total. The summed E-state index contributed by atoms with van der Waals surface area (Å²) in [5.41, 5.74) is 1.23. The second kappa shape index (κ2) is 7.93. The van der Waals surface area contributed by atoms with E-state index in [4.69, 9.17) is 4.42 Å². The number of fused-ring (bicyclic) bond motifs is 1. The molecule has 0 saturated heterocycles. The van der Waals surface area contributed by atoms with Gasteiger partial charge in [-0.3, -0.25) is 4.79 Å². The molecule has 1 heterocycles. The quantitative estimate of drug-likeness (QED) is 0.564. The Labute approximate surface area is 178 Å². The maximum absolute atomic E-state index is 12.7. The molecule has 0 aliphatic rings. The van der Waals surface area contributed by atoms with Crippen LogP contribution < -0.4 is 10.0 Å². The highest BCUT2D eigenvalue weighted by Crippen LogP contribution is 2.28. The van der Waals surface area contributed by atoms with Crippen LogP contribution in [0.25, 0.3) is 11.0 Å². The van der Waals surface area contributed by atoms with Crippen molar-refractivity contribution in [1.82, 2.24) is 10.0 Å². The molecule has 1 aromatic heterocycles. The van der Waals surface area contributed by atoms with Crippen LogP contribution in [0.5, 0.6) is 0 Å². The van der Waals surface area contributed by atoms with Crippen LogP contribution >= 0.6 is 15.9 Å². The lowest BCUT2D eigenvalue weighted by molar-refractivity contribution is 0.0924. The number of sulfonamides is 1. The fraction of sp³-hybridized carbons (Fsp3) is 0.286. The summed E-state index contributed by atoms with van der Waals surface area (Å²) in [6.45, 7) is 7.20. The summed E-state index contributed by atoms with van der Waals surface area (Å²) >= 11 is 3.42. The highest BCUT2D eigenvalue weighted by molar-refractivity contribution is 9.10. The molecule has 0 bridgehead atoms. The molecule has 0 unspecified atom stereocenters. The molecule has 0 fully saturated rings. The van der Waals surface area contributed by atoms with E-state index in [1.807, 2.05) is 19.1 Å². The van der Waals surface area contributed by atoms with E-state index in [0.717, 1.165) is 15.4 Å². The fourth-order valence-corrected chi connectivity index (χ4v) is 5.06. The zero-order valence-corrected chi connectivity index (χ0v) is 19.1. The first-order chi connectivity index (χ1) is 13.5. The molecule has 3 aromatic rings. The highest BCUT2D eigenvalue weighted by atomic mass is 79.9. The van der Waals surface area contributed by atoms with Gasteiger partial charge in [0.2, 0.25) is 10.0 Å². The third-order valence-corrected chi connectivity index (χ3v) is 6.60. The Balaban J connectivity index is 1.84. The van der Waals surface area contributed by atoms with Gasteiger partial charge in [-0.15, -0.1) is 0 Å². The summed E-state index contributed by atoms with van der Waals surface area (Å²) in [7, 11) is -3.72. The summed E-state index contributed by atoms with van der Waals surface area (Å²) in [6, 6.07) is 12.1. The average molecular weight is 479 g/mol. The number of halogens is 1. The molecule has 6 nitrogen and oxygen atoms in total. The summed E-state index contributed by atoms with van der Waals surface area (Å²) < 4.78 is 34.7. The SMILES string of the molecule is Cc1c(C(=O)NCc2ccccc2S(=O)(=O)NC(C)(C)C)oc2ccc(Br)cc12. The van der Waals surface area contributed by atoms with Gasteiger partial charge in [-0.05, 0) is 57.5 Å². The number of rotatable bonds is 5. The molecule has 0 aliphatic heterocycles. The van der Waals surface area contributed by atoms with E-state index in [-0.39, 0.29) is 17.2 Å². The van der Waals surface area contributed by atoms with E-state index in [2.05, 4.69) is 26.0 Å². The Morgan fingerprint density at radius 3 is 2.52 bits per heavy atom. The minimum absolute atomic E-state index is 0.0558. The Morgan fingerprint density at radius 1 is 1.14 bits per heavy atom. The molecule has 0 aliphatic carbocycles. The van der Waals surface area contributed by atoms with E-state index in [1.165, 1.54) is 6.07 Å². The second-order valence-corrected chi connectivity index (χ2v) is 10.4. The zero-order chi connectivity index (χ0) is 21.4. The van der Waals surface area contributed by atoms with Gasteiger partial charge < -0.3 is 9.73 Å². The molecule has 1 amide bonds. The highest BCUT2D eigenvalue weighted by Gasteiger charge is 2.25. The third kappa shape index (κ3) is 4.88. The van der Waals surface area contributed by atoms with Crippen molar-refractivity contribution < 1.29 is 17.6 Å². The van der Waals surface area contributed by atoms with Crippen molar-refractivity contribution in [2.45, 2.75) is 44.7 Å². The predicted molar refractivity (Wildman–Crippen MR) is 116 cm³/mol. The van der Waals surface area contributed by atoms with Crippen LogP contribution in [-0.2, 0) is 16.6 Å². The van der Waals surface area contributed by atoms with E-state index < -0.39 is 21.5 Å². The van der Waals surface area contributed by atoms with Crippen LogP contribution in [0.3, 0.4) is 0 Å². The van der Waals surface area contributed by atoms with Crippen molar-refractivity contribution in [1.29, 1.82) is 0 Å². The summed E-state index contributed by atoms with van der Waals surface area (Å²) in [5, 5.41) is 3.62. The molecule has 0 atom stereocenters. The van der Waals surface area contributed by atoms with Crippen LogP contribution in [0.4, 0.5) is 0 Å². The Hall–Kier alpha value is -2.16. The fourth-order valence-electron chi connectivity index (χ4n) is 3.04. The van der Waals surface area contributed by atoms with Gasteiger partial charge >= 0.3 is 0 Å². The van der Waals surface area contributed by atoms with Crippen LogP contribution in [-0.4, -0.2) is 19.9 Å². The van der Waals surface area contributed by atoms with Crippen LogP contribution in [0.1, 0.15) is 42.5 Å². The van der Waals surface area contributed by atoms with E-state index in [0.29, 0.717) is 11.1 Å². The number of amides is 1. The van der Waals surface area contributed by atoms with Crippen molar-refractivity contribution in [2.75, 3.05) is 0 Å².